The van der Waals surface area contributed by atoms with Gasteiger partial charge >= 0.3 is 0 Å². The van der Waals surface area contributed by atoms with Crippen molar-refractivity contribution in [2.45, 2.75) is 32.7 Å². The van der Waals surface area contributed by atoms with Crippen molar-refractivity contribution in [2.24, 2.45) is 5.41 Å². The molecule has 0 saturated heterocycles. The van der Waals surface area contributed by atoms with E-state index in [4.69, 9.17) is 4.74 Å². The molecular weight excluding hydrogens is 310 g/mol. The zero-order chi connectivity index (χ0) is 17.9. The Labute approximate surface area is 149 Å². The maximum atomic E-state index is 12.9. The molecule has 3 rings (SSSR count). The predicted molar refractivity (Wildman–Crippen MR) is 101 cm³/mol. The molecule has 2 aromatic rings. The van der Waals surface area contributed by atoms with Crippen molar-refractivity contribution in [3.8, 4) is 17.6 Å². The highest BCUT2D eigenvalue weighted by Gasteiger charge is 2.44. The minimum absolute atomic E-state index is 0.108. The number of hydrogen-bond acceptors (Lipinski definition) is 2. The molecular formula is C22H23NO2. The lowest BCUT2D eigenvalue weighted by molar-refractivity contribution is -0.490. The van der Waals surface area contributed by atoms with E-state index in [2.05, 4.69) is 25.7 Å². The lowest BCUT2D eigenvalue weighted by Crippen LogP contribution is -2.24. The molecule has 3 nitrogen and oxygen atoms in total. The van der Waals surface area contributed by atoms with Gasteiger partial charge in [0.15, 0.2) is 6.04 Å². The number of ether oxygens (including phenoxy) is 1. The molecule has 128 valence electrons. The molecule has 0 amide bonds. The second kappa shape index (κ2) is 7.03. The number of benzene rings is 2. The van der Waals surface area contributed by atoms with E-state index >= 15 is 0 Å². The van der Waals surface area contributed by atoms with Gasteiger partial charge in [0.05, 0.1) is 18.9 Å². The SMILES string of the molecule is COc1ccc(C2=[N+]([O-])C(CC#Cc3ccccc3)CC2(C)C)cc1. The molecule has 1 unspecified atom stereocenters. The standard InChI is InChI=1S/C22H23NO2/c1-22(2)16-19(11-7-10-17-8-5-4-6-9-17)23(24)21(22)18-12-14-20(25-3)15-13-18/h4-6,8-9,12-15,19H,11,16H2,1-3H3. The smallest absolute Gasteiger partial charge is 0.200 e. The first-order chi connectivity index (χ1) is 12.0. The van der Waals surface area contributed by atoms with E-state index in [1.807, 2.05) is 54.6 Å². The molecule has 25 heavy (non-hydrogen) atoms. The molecule has 3 heteroatoms. The molecule has 0 saturated carbocycles. The van der Waals surface area contributed by atoms with Gasteiger partial charge in [-0.25, -0.2) is 4.74 Å². The van der Waals surface area contributed by atoms with Crippen molar-refractivity contribution in [3.05, 3.63) is 70.9 Å². The van der Waals surface area contributed by atoms with Crippen molar-refractivity contribution in [3.63, 3.8) is 0 Å². The van der Waals surface area contributed by atoms with Crippen molar-refractivity contribution < 1.29 is 9.48 Å². The Kier molecular flexibility index (Phi) is 4.81. The fourth-order valence-electron chi connectivity index (χ4n) is 3.46. The first kappa shape index (κ1) is 17.1. The normalized spacial score (nSPS) is 18.6. The largest absolute Gasteiger partial charge is 0.623 e. The van der Waals surface area contributed by atoms with Gasteiger partial charge < -0.3 is 9.94 Å². The Bertz CT molecular complexity index is 824. The van der Waals surface area contributed by atoms with Crippen LogP contribution in [0.4, 0.5) is 0 Å². The molecule has 1 atom stereocenters. The summed E-state index contributed by atoms with van der Waals surface area (Å²) >= 11 is 0. The third kappa shape index (κ3) is 3.69. The lowest BCUT2D eigenvalue weighted by atomic mass is 9.81. The molecule has 0 radical (unpaired) electrons. The van der Waals surface area contributed by atoms with Gasteiger partial charge in [-0.1, -0.05) is 30.0 Å². The fourth-order valence-corrected chi connectivity index (χ4v) is 3.46. The summed E-state index contributed by atoms with van der Waals surface area (Å²) in [7, 11) is 1.64. The Morgan fingerprint density at radius 2 is 1.80 bits per heavy atom. The topological polar surface area (TPSA) is 35.3 Å². The van der Waals surface area contributed by atoms with Gasteiger partial charge in [-0.05, 0) is 50.2 Å². The van der Waals surface area contributed by atoms with Crippen LogP contribution in [-0.2, 0) is 0 Å². The highest BCUT2D eigenvalue weighted by atomic mass is 16.5. The van der Waals surface area contributed by atoms with Gasteiger partial charge in [0, 0.05) is 17.5 Å². The maximum absolute atomic E-state index is 12.9. The van der Waals surface area contributed by atoms with E-state index in [1.165, 1.54) is 4.74 Å². The molecule has 1 heterocycles. The van der Waals surface area contributed by atoms with Gasteiger partial charge in [0.25, 0.3) is 0 Å². The number of hydroxylamine groups is 1. The molecule has 0 bridgehead atoms. The summed E-state index contributed by atoms with van der Waals surface area (Å²) in [5, 5.41) is 12.9. The summed E-state index contributed by atoms with van der Waals surface area (Å²) in [4.78, 5) is 0. The number of methoxy groups -OCH3 is 1. The third-order valence-electron chi connectivity index (χ3n) is 4.65. The third-order valence-corrected chi connectivity index (χ3v) is 4.65. The van der Waals surface area contributed by atoms with Crippen LogP contribution in [-0.4, -0.2) is 23.6 Å². The summed E-state index contributed by atoms with van der Waals surface area (Å²) in [6.45, 7) is 4.25. The lowest BCUT2D eigenvalue weighted by Gasteiger charge is -2.16. The Morgan fingerprint density at radius 1 is 1.12 bits per heavy atom. The number of rotatable bonds is 3. The average molecular weight is 333 g/mol. The second-order valence-electron chi connectivity index (χ2n) is 7.02. The van der Waals surface area contributed by atoms with Crippen LogP contribution in [0.2, 0.25) is 0 Å². The van der Waals surface area contributed by atoms with E-state index in [0.717, 1.165) is 29.0 Å². The minimum Gasteiger partial charge on any atom is -0.623 e. The van der Waals surface area contributed by atoms with Crippen LogP contribution >= 0.6 is 0 Å². The summed E-state index contributed by atoms with van der Waals surface area (Å²) in [5.74, 6) is 7.12. The zero-order valence-electron chi connectivity index (χ0n) is 15.0. The molecule has 1 aliphatic rings. The van der Waals surface area contributed by atoms with Crippen molar-refractivity contribution in [1.29, 1.82) is 0 Å². The van der Waals surface area contributed by atoms with Crippen LogP contribution in [0.25, 0.3) is 0 Å². The molecule has 2 aromatic carbocycles. The first-order valence-electron chi connectivity index (χ1n) is 8.53. The van der Waals surface area contributed by atoms with Crippen LogP contribution in [0.1, 0.15) is 37.8 Å². The van der Waals surface area contributed by atoms with Gasteiger partial charge in [0.1, 0.15) is 5.75 Å². The van der Waals surface area contributed by atoms with Crippen LogP contribution in [0.15, 0.2) is 54.6 Å². The highest BCUT2D eigenvalue weighted by molar-refractivity contribution is 6.01. The molecule has 0 aliphatic carbocycles. The Balaban J connectivity index is 1.83. The van der Waals surface area contributed by atoms with Crippen molar-refractivity contribution in [1.82, 2.24) is 0 Å². The van der Waals surface area contributed by atoms with Crippen molar-refractivity contribution >= 4 is 5.71 Å². The summed E-state index contributed by atoms with van der Waals surface area (Å²) < 4.78 is 6.38. The van der Waals surface area contributed by atoms with Gasteiger partial charge in [-0.2, -0.15) is 0 Å². The highest BCUT2D eigenvalue weighted by Crippen LogP contribution is 2.36. The average Bonchev–Trinajstić information content (AvgIpc) is 2.85. The van der Waals surface area contributed by atoms with Crippen molar-refractivity contribution in [2.75, 3.05) is 7.11 Å². The number of nitrogens with zero attached hydrogens (tertiary/aromatic N) is 1. The minimum atomic E-state index is -0.171. The van der Waals surface area contributed by atoms with Gasteiger partial charge in [0.2, 0.25) is 5.71 Å². The van der Waals surface area contributed by atoms with E-state index in [1.54, 1.807) is 7.11 Å². The zero-order valence-corrected chi connectivity index (χ0v) is 15.0. The van der Waals surface area contributed by atoms with Crippen LogP contribution in [0.5, 0.6) is 5.75 Å². The van der Waals surface area contributed by atoms with E-state index in [9.17, 15) is 5.21 Å². The Morgan fingerprint density at radius 3 is 2.44 bits per heavy atom. The van der Waals surface area contributed by atoms with Gasteiger partial charge in [-0.3, -0.25) is 0 Å². The molecule has 0 spiro atoms. The van der Waals surface area contributed by atoms with Crippen LogP contribution < -0.4 is 4.74 Å². The molecule has 1 aliphatic heterocycles. The Hall–Kier alpha value is -2.73. The quantitative estimate of drug-likeness (QED) is 0.478. The van der Waals surface area contributed by atoms with E-state index in [0.29, 0.717) is 6.42 Å². The van der Waals surface area contributed by atoms with E-state index < -0.39 is 0 Å². The molecule has 0 N–H and O–H groups in total. The summed E-state index contributed by atoms with van der Waals surface area (Å²) in [5.41, 5.74) is 2.60. The van der Waals surface area contributed by atoms with Crippen LogP contribution in [0.3, 0.4) is 0 Å². The predicted octanol–water partition coefficient (Wildman–Crippen LogP) is 4.23. The first-order valence-corrected chi connectivity index (χ1v) is 8.53. The number of hydrogen-bond donors (Lipinski definition) is 0. The molecule has 0 fully saturated rings. The second-order valence-corrected chi connectivity index (χ2v) is 7.02. The summed E-state index contributed by atoms with van der Waals surface area (Å²) in [6.07, 6.45) is 1.38. The summed E-state index contributed by atoms with van der Waals surface area (Å²) in [6, 6.07) is 17.5. The van der Waals surface area contributed by atoms with Gasteiger partial charge in [-0.15, -0.1) is 0 Å². The maximum Gasteiger partial charge on any atom is 0.200 e. The monoisotopic (exact) mass is 333 g/mol. The fraction of sp³-hybridized carbons (Fsp3) is 0.318. The van der Waals surface area contributed by atoms with Crippen LogP contribution in [0, 0.1) is 22.5 Å². The van der Waals surface area contributed by atoms with E-state index in [-0.39, 0.29) is 11.5 Å². The molecule has 0 aromatic heterocycles.